The quantitative estimate of drug-likeness (QED) is 0.333. The molecule has 0 aliphatic heterocycles. The molecule has 2 aromatic carbocycles. The number of hydrogen-bond donors (Lipinski definition) is 1. The van der Waals surface area contributed by atoms with Gasteiger partial charge in [-0.25, -0.2) is 19.1 Å². The summed E-state index contributed by atoms with van der Waals surface area (Å²) in [5.74, 6) is 1.59. The Hall–Kier alpha value is -4.86. The van der Waals surface area contributed by atoms with Gasteiger partial charge in [0.1, 0.15) is 17.1 Å². The Balaban J connectivity index is 1.51. The van der Waals surface area contributed by atoms with Gasteiger partial charge in [0.15, 0.2) is 0 Å². The lowest BCUT2D eigenvalue weighted by Gasteiger charge is -2.16. The second-order valence-corrected chi connectivity index (χ2v) is 8.41. The molecule has 0 aliphatic rings. The SMILES string of the molecule is COc1ccc(Cn2c(NCc3cccn4ccnc34)nc(=O)n(Cc3ccc(OC)cc3)c2=O)cc1. The van der Waals surface area contributed by atoms with Crippen molar-refractivity contribution in [2.24, 2.45) is 0 Å². The zero-order chi connectivity index (χ0) is 25.8. The van der Waals surface area contributed by atoms with E-state index in [1.165, 1.54) is 4.57 Å². The van der Waals surface area contributed by atoms with Gasteiger partial charge in [0.05, 0.1) is 27.3 Å². The molecule has 0 bridgehead atoms. The van der Waals surface area contributed by atoms with Crippen molar-refractivity contribution >= 4 is 11.6 Å². The fourth-order valence-electron chi connectivity index (χ4n) is 4.09. The highest BCUT2D eigenvalue weighted by Gasteiger charge is 2.15. The van der Waals surface area contributed by atoms with Crippen molar-refractivity contribution in [3.63, 3.8) is 0 Å². The summed E-state index contributed by atoms with van der Waals surface area (Å²) in [5, 5.41) is 3.19. The van der Waals surface area contributed by atoms with E-state index in [0.29, 0.717) is 18.0 Å². The van der Waals surface area contributed by atoms with Crippen LogP contribution in [0.25, 0.3) is 5.65 Å². The Morgan fingerprint density at radius 3 is 2.05 bits per heavy atom. The summed E-state index contributed by atoms with van der Waals surface area (Å²) >= 11 is 0. The maximum absolute atomic E-state index is 13.6. The molecule has 0 spiro atoms. The predicted molar refractivity (Wildman–Crippen MR) is 139 cm³/mol. The van der Waals surface area contributed by atoms with Crippen molar-refractivity contribution in [3.05, 3.63) is 117 Å². The fourth-order valence-corrected chi connectivity index (χ4v) is 4.09. The van der Waals surface area contributed by atoms with Gasteiger partial charge in [-0.3, -0.25) is 4.57 Å². The highest BCUT2D eigenvalue weighted by Crippen LogP contribution is 2.15. The predicted octanol–water partition coefficient (Wildman–Crippen LogP) is 2.78. The molecular weight excluding hydrogens is 472 g/mol. The molecule has 5 aromatic rings. The number of methoxy groups -OCH3 is 2. The Kier molecular flexibility index (Phi) is 6.71. The average Bonchev–Trinajstić information content (AvgIpc) is 3.42. The van der Waals surface area contributed by atoms with Crippen molar-refractivity contribution in [1.82, 2.24) is 23.5 Å². The van der Waals surface area contributed by atoms with E-state index < -0.39 is 11.4 Å². The van der Waals surface area contributed by atoms with Gasteiger partial charge in [0, 0.05) is 30.7 Å². The van der Waals surface area contributed by atoms with Crippen LogP contribution in [0.1, 0.15) is 16.7 Å². The van der Waals surface area contributed by atoms with Gasteiger partial charge < -0.3 is 19.2 Å². The van der Waals surface area contributed by atoms with Gasteiger partial charge in [-0.1, -0.05) is 30.3 Å². The highest BCUT2D eigenvalue weighted by atomic mass is 16.5. The molecule has 10 nitrogen and oxygen atoms in total. The molecule has 0 atom stereocenters. The van der Waals surface area contributed by atoms with Crippen molar-refractivity contribution in [1.29, 1.82) is 0 Å². The number of anilines is 1. The van der Waals surface area contributed by atoms with E-state index in [0.717, 1.165) is 26.9 Å². The number of imidazole rings is 1. The number of hydrogen-bond acceptors (Lipinski definition) is 7. The van der Waals surface area contributed by atoms with E-state index in [-0.39, 0.29) is 19.0 Å². The first kappa shape index (κ1) is 23.9. The third kappa shape index (κ3) is 5.08. The van der Waals surface area contributed by atoms with Crippen LogP contribution in [-0.2, 0) is 19.6 Å². The minimum atomic E-state index is -0.631. The minimum Gasteiger partial charge on any atom is -0.497 e. The van der Waals surface area contributed by atoms with Crippen LogP contribution >= 0.6 is 0 Å². The van der Waals surface area contributed by atoms with Crippen LogP contribution in [0.15, 0.2) is 88.8 Å². The standard InChI is InChI=1S/C27H26N6O4/c1-36-22-9-5-19(6-10-22)17-32-25(29-16-21-4-3-14-31-15-13-28-24(21)31)30-26(34)33(27(32)35)18-20-7-11-23(37-2)12-8-20/h3-15H,16-18H2,1-2H3,(H,29,30,34). The third-order valence-electron chi connectivity index (χ3n) is 6.09. The molecule has 5 rings (SSSR count). The Morgan fingerprint density at radius 2 is 1.43 bits per heavy atom. The number of nitrogens with one attached hydrogen (secondary N) is 1. The van der Waals surface area contributed by atoms with Crippen LogP contribution in [-0.4, -0.2) is 37.7 Å². The smallest absolute Gasteiger partial charge is 0.355 e. The van der Waals surface area contributed by atoms with Crippen molar-refractivity contribution in [3.8, 4) is 11.5 Å². The van der Waals surface area contributed by atoms with E-state index in [1.807, 2.05) is 65.3 Å². The van der Waals surface area contributed by atoms with Crippen molar-refractivity contribution < 1.29 is 9.47 Å². The topological polar surface area (TPSA) is 105 Å². The van der Waals surface area contributed by atoms with E-state index in [2.05, 4.69) is 15.3 Å². The first-order valence-corrected chi connectivity index (χ1v) is 11.7. The maximum Gasteiger partial charge on any atom is 0.355 e. The summed E-state index contributed by atoms with van der Waals surface area (Å²) < 4.78 is 15.0. The molecule has 3 heterocycles. The maximum atomic E-state index is 13.6. The Labute approximate surface area is 212 Å². The molecule has 10 heteroatoms. The largest absolute Gasteiger partial charge is 0.497 e. The molecule has 1 N–H and O–H groups in total. The lowest BCUT2D eigenvalue weighted by Crippen LogP contribution is -2.43. The molecule has 188 valence electrons. The number of aromatic nitrogens is 5. The molecule has 0 amide bonds. The third-order valence-corrected chi connectivity index (χ3v) is 6.09. The van der Waals surface area contributed by atoms with E-state index in [9.17, 15) is 9.59 Å². The molecular formula is C27H26N6O4. The normalized spacial score (nSPS) is 11.0. The lowest BCUT2D eigenvalue weighted by atomic mass is 10.2. The Bertz CT molecular complexity index is 1640. The van der Waals surface area contributed by atoms with Crippen LogP contribution in [0.5, 0.6) is 11.5 Å². The summed E-state index contributed by atoms with van der Waals surface area (Å²) in [5.41, 5.74) is 2.23. The van der Waals surface area contributed by atoms with E-state index in [4.69, 9.17) is 9.47 Å². The average molecular weight is 499 g/mol. The number of pyridine rings is 1. The van der Waals surface area contributed by atoms with Gasteiger partial charge >= 0.3 is 11.4 Å². The lowest BCUT2D eigenvalue weighted by molar-refractivity contribution is 0.414. The zero-order valence-corrected chi connectivity index (χ0v) is 20.5. The zero-order valence-electron chi connectivity index (χ0n) is 20.5. The molecule has 0 saturated carbocycles. The monoisotopic (exact) mass is 498 g/mol. The van der Waals surface area contributed by atoms with Gasteiger partial charge in [0.25, 0.3) is 0 Å². The van der Waals surface area contributed by atoms with Crippen LogP contribution in [0, 0.1) is 0 Å². The molecule has 0 saturated heterocycles. The van der Waals surface area contributed by atoms with Gasteiger partial charge in [0.2, 0.25) is 5.95 Å². The Morgan fingerprint density at radius 1 is 0.811 bits per heavy atom. The van der Waals surface area contributed by atoms with E-state index in [1.54, 1.807) is 32.5 Å². The summed E-state index contributed by atoms with van der Waals surface area (Å²) in [6.07, 6.45) is 5.48. The minimum absolute atomic E-state index is 0.0882. The van der Waals surface area contributed by atoms with Gasteiger partial charge in [-0.15, -0.1) is 0 Å². The first-order valence-electron chi connectivity index (χ1n) is 11.7. The molecule has 0 aliphatic carbocycles. The van der Waals surface area contributed by atoms with Crippen LogP contribution < -0.4 is 26.2 Å². The molecule has 0 unspecified atom stereocenters. The van der Waals surface area contributed by atoms with Crippen LogP contribution in [0.4, 0.5) is 5.95 Å². The number of nitrogens with zero attached hydrogens (tertiary/aromatic N) is 5. The highest BCUT2D eigenvalue weighted by molar-refractivity contribution is 5.49. The van der Waals surface area contributed by atoms with Crippen LogP contribution in [0.3, 0.4) is 0 Å². The molecule has 3 aromatic heterocycles. The summed E-state index contributed by atoms with van der Waals surface area (Å²) in [7, 11) is 3.18. The molecule has 37 heavy (non-hydrogen) atoms. The first-order chi connectivity index (χ1) is 18.1. The van der Waals surface area contributed by atoms with Crippen molar-refractivity contribution in [2.75, 3.05) is 19.5 Å². The number of fused-ring (bicyclic) bond motifs is 1. The summed E-state index contributed by atoms with van der Waals surface area (Å²) in [6.45, 7) is 0.637. The molecule has 0 radical (unpaired) electrons. The number of rotatable bonds is 9. The summed E-state index contributed by atoms with van der Waals surface area (Å²) in [6, 6.07) is 18.5. The fraction of sp³-hybridized carbons (Fsp3) is 0.185. The van der Waals surface area contributed by atoms with Crippen LogP contribution in [0.2, 0.25) is 0 Å². The number of ether oxygens (including phenoxy) is 2. The number of benzene rings is 2. The van der Waals surface area contributed by atoms with Crippen molar-refractivity contribution in [2.45, 2.75) is 19.6 Å². The van der Waals surface area contributed by atoms with Gasteiger partial charge in [-0.05, 0) is 41.5 Å². The second-order valence-electron chi connectivity index (χ2n) is 8.41. The van der Waals surface area contributed by atoms with Gasteiger partial charge in [-0.2, -0.15) is 4.98 Å². The second kappa shape index (κ2) is 10.4. The van der Waals surface area contributed by atoms with E-state index >= 15 is 0 Å². The molecule has 0 fully saturated rings. The summed E-state index contributed by atoms with van der Waals surface area (Å²) in [4.78, 5) is 35.3.